The van der Waals surface area contributed by atoms with Gasteiger partial charge in [-0.25, -0.2) is 4.39 Å². The van der Waals surface area contributed by atoms with Crippen LogP contribution in [0.4, 0.5) is 4.39 Å². The third-order valence-electron chi connectivity index (χ3n) is 3.28. The van der Waals surface area contributed by atoms with Crippen LogP contribution in [-0.2, 0) is 0 Å². The number of aliphatic hydroxyl groups is 1. The molecule has 3 heteroatoms. The molecule has 1 aromatic carbocycles. The fourth-order valence-electron chi connectivity index (χ4n) is 2.29. The first kappa shape index (κ1) is 11.6. The third kappa shape index (κ3) is 2.80. The zero-order valence-electron chi connectivity index (χ0n) is 9.32. The quantitative estimate of drug-likeness (QED) is 0.806. The van der Waals surface area contributed by atoms with Crippen LogP contribution < -0.4 is 5.32 Å². The Morgan fingerprint density at radius 3 is 2.69 bits per heavy atom. The van der Waals surface area contributed by atoms with Crippen LogP contribution in [0.2, 0.25) is 0 Å². The number of hydrogen-bond acceptors (Lipinski definition) is 2. The second kappa shape index (κ2) is 5.41. The SMILES string of the molecule is OC(c1ccc(F)cc1)C1CCCNCC1. The van der Waals surface area contributed by atoms with E-state index in [0.717, 1.165) is 37.9 Å². The second-order valence-electron chi connectivity index (χ2n) is 4.44. The summed E-state index contributed by atoms with van der Waals surface area (Å²) in [5.41, 5.74) is 0.827. The molecule has 1 aromatic rings. The van der Waals surface area contributed by atoms with Gasteiger partial charge in [-0.2, -0.15) is 0 Å². The Balaban J connectivity index is 2.04. The Morgan fingerprint density at radius 2 is 1.94 bits per heavy atom. The highest BCUT2D eigenvalue weighted by atomic mass is 19.1. The Morgan fingerprint density at radius 1 is 1.19 bits per heavy atom. The van der Waals surface area contributed by atoms with Crippen LogP contribution >= 0.6 is 0 Å². The minimum absolute atomic E-state index is 0.251. The lowest BCUT2D eigenvalue weighted by molar-refractivity contribution is 0.101. The van der Waals surface area contributed by atoms with Crippen molar-refractivity contribution in [3.63, 3.8) is 0 Å². The van der Waals surface area contributed by atoms with E-state index >= 15 is 0 Å². The number of nitrogens with one attached hydrogen (secondary N) is 1. The van der Waals surface area contributed by atoms with Crippen molar-refractivity contribution in [3.8, 4) is 0 Å². The molecular weight excluding hydrogens is 205 g/mol. The van der Waals surface area contributed by atoms with Crippen molar-refractivity contribution in [1.82, 2.24) is 5.32 Å². The van der Waals surface area contributed by atoms with E-state index < -0.39 is 6.10 Å². The van der Waals surface area contributed by atoms with Crippen LogP contribution in [0, 0.1) is 11.7 Å². The summed E-state index contributed by atoms with van der Waals surface area (Å²) < 4.78 is 12.8. The summed E-state index contributed by atoms with van der Waals surface area (Å²) in [4.78, 5) is 0. The molecule has 2 nitrogen and oxygen atoms in total. The van der Waals surface area contributed by atoms with Crippen molar-refractivity contribution in [2.75, 3.05) is 13.1 Å². The maximum absolute atomic E-state index is 12.8. The summed E-state index contributed by atoms with van der Waals surface area (Å²) in [6, 6.07) is 6.18. The van der Waals surface area contributed by atoms with E-state index in [-0.39, 0.29) is 5.82 Å². The first-order valence-corrected chi connectivity index (χ1v) is 5.91. The van der Waals surface area contributed by atoms with Crippen molar-refractivity contribution < 1.29 is 9.50 Å². The van der Waals surface area contributed by atoms with Gasteiger partial charge in [0.2, 0.25) is 0 Å². The topological polar surface area (TPSA) is 32.3 Å². The molecule has 2 atom stereocenters. The summed E-state index contributed by atoms with van der Waals surface area (Å²) in [7, 11) is 0. The molecule has 1 fully saturated rings. The molecule has 2 N–H and O–H groups in total. The molecule has 0 aliphatic carbocycles. The van der Waals surface area contributed by atoms with Gasteiger partial charge >= 0.3 is 0 Å². The van der Waals surface area contributed by atoms with E-state index in [0.29, 0.717) is 5.92 Å². The molecule has 2 unspecified atom stereocenters. The van der Waals surface area contributed by atoms with E-state index in [1.165, 1.54) is 12.1 Å². The molecule has 0 radical (unpaired) electrons. The van der Waals surface area contributed by atoms with Crippen LogP contribution in [-0.4, -0.2) is 18.2 Å². The zero-order chi connectivity index (χ0) is 11.4. The Bertz CT molecular complexity index is 317. The van der Waals surface area contributed by atoms with Crippen molar-refractivity contribution in [2.24, 2.45) is 5.92 Å². The highest BCUT2D eigenvalue weighted by Gasteiger charge is 2.21. The van der Waals surface area contributed by atoms with Gasteiger partial charge in [-0.3, -0.25) is 0 Å². The van der Waals surface area contributed by atoms with Crippen molar-refractivity contribution >= 4 is 0 Å². The predicted octanol–water partition coefficient (Wildman–Crippen LogP) is 2.25. The monoisotopic (exact) mass is 223 g/mol. The van der Waals surface area contributed by atoms with Gasteiger partial charge in [-0.05, 0) is 56.0 Å². The van der Waals surface area contributed by atoms with Gasteiger partial charge in [0.15, 0.2) is 0 Å². The molecule has 16 heavy (non-hydrogen) atoms. The summed E-state index contributed by atoms with van der Waals surface area (Å²) in [5.74, 6) is 0.0407. The van der Waals surface area contributed by atoms with Gasteiger partial charge < -0.3 is 10.4 Å². The molecule has 0 amide bonds. The van der Waals surface area contributed by atoms with Crippen molar-refractivity contribution in [2.45, 2.75) is 25.4 Å². The molecule has 1 saturated heterocycles. The average molecular weight is 223 g/mol. The molecule has 88 valence electrons. The summed E-state index contributed by atoms with van der Waals surface area (Å²) in [6.07, 6.45) is 2.66. The van der Waals surface area contributed by atoms with Crippen molar-refractivity contribution in [3.05, 3.63) is 35.6 Å². The fraction of sp³-hybridized carbons (Fsp3) is 0.538. The number of hydrogen-bond donors (Lipinski definition) is 2. The van der Waals surface area contributed by atoms with E-state index in [2.05, 4.69) is 5.32 Å². The summed E-state index contributed by atoms with van der Waals surface area (Å²) in [6.45, 7) is 2.00. The van der Waals surface area contributed by atoms with Gasteiger partial charge in [0, 0.05) is 0 Å². The second-order valence-corrected chi connectivity index (χ2v) is 4.44. The van der Waals surface area contributed by atoms with E-state index in [1.807, 2.05) is 0 Å². The fourth-order valence-corrected chi connectivity index (χ4v) is 2.29. The molecule has 1 aliphatic heterocycles. The van der Waals surface area contributed by atoms with Gasteiger partial charge in [-0.1, -0.05) is 12.1 Å². The zero-order valence-corrected chi connectivity index (χ0v) is 9.32. The maximum atomic E-state index is 12.8. The van der Waals surface area contributed by atoms with Crippen LogP contribution in [0.15, 0.2) is 24.3 Å². The number of rotatable bonds is 2. The Kier molecular flexibility index (Phi) is 3.91. The van der Waals surface area contributed by atoms with Gasteiger partial charge in [0.05, 0.1) is 6.10 Å². The lowest BCUT2D eigenvalue weighted by atomic mass is 9.90. The normalized spacial score (nSPS) is 23.8. The van der Waals surface area contributed by atoms with Gasteiger partial charge in [0.1, 0.15) is 5.82 Å². The van der Waals surface area contributed by atoms with E-state index in [1.54, 1.807) is 12.1 Å². The number of benzene rings is 1. The summed E-state index contributed by atoms with van der Waals surface area (Å²) >= 11 is 0. The Labute approximate surface area is 95.5 Å². The van der Waals surface area contributed by atoms with Gasteiger partial charge in [-0.15, -0.1) is 0 Å². The smallest absolute Gasteiger partial charge is 0.123 e. The maximum Gasteiger partial charge on any atom is 0.123 e. The first-order valence-electron chi connectivity index (χ1n) is 5.91. The van der Waals surface area contributed by atoms with Crippen LogP contribution in [0.1, 0.15) is 30.9 Å². The van der Waals surface area contributed by atoms with Crippen molar-refractivity contribution in [1.29, 1.82) is 0 Å². The van der Waals surface area contributed by atoms with Crippen LogP contribution in [0.3, 0.4) is 0 Å². The van der Waals surface area contributed by atoms with E-state index in [9.17, 15) is 9.50 Å². The minimum atomic E-state index is -0.458. The molecule has 2 rings (SSSR count). The minimum Gasteiger partial charge on any atom is -0.388 e. The standard InChI is InChI=1S/C13H18FNO/c14-12-5-3-11(4-6-12)13(16)10-2-1-8-15-9-7-10/h3-6,10,13,15-16H,1-2,7-9H2. The van der Waals surface area contributed by atoms with Crippen LogP contribution in [0.25, 0.3) is 0 Å². The predicted molar refractivity (Wildman–Crippen MR) is 61.6 cm³/mol. The molecule has 0 aromatic heterocycles. The molecule has 0 spiro atoms. The highest BCUT2D eigenvalue weighted by molar-refractivity contribution is 5.19. The number of aliphatic hydroxyl groups excluding tert-OH is 1. The van der Waals surface area contributed by atoms with Crippen LogP contribution in [0.5, 0.6) is 0 Å². The lowest BCUT2D eigenvalue weighted by Gasteiger charge is -2.21. The molecule has 1 aliphatic rings. The molecule has 1 heterocycles. The first-order chi connectivity index (χ1) is 7.77. The summed E-state index contributed by atoms with van der Waals surface area (Å²) in [5, 5.41) is 13.5. The largest absolute Gasteiger partial charge is 0.388 e. The third-order valence-corrected chi connectivity index (χ3v) is 3.28. The lowest BCUT2D eigenvalue weighted by Crippen LogP contribution is -2.16. The van der Waals surface area contributed by atoms with E-state index in [4.69, 9.17) is 0 Å². The average Bonchev–Trinajstić information content (AvgIpc) is 2.57. The molecular formula is C13H18FNO. The molecule has 0 bridgehead atoms. The van der Waals surface area contributed by atoms with Gasteiger partial charge in [0.25, 0.3) is 0 Å². The molecule has 0 saturated carbocycles. The Hall–Kier alpha value is -0.930. The number of halogens is 1. The highest BCUT2D eigenvalue weighted by Crippen LogP contribution is 2.29.